The Kier molecular flexibility index (Phi) is 4.71. The predicted molar refractivity (Wildman–Crippen MR) is 106 cm³/mol. The third-order valence-electron chi connectivity index (χ3n) is 4.43. The van der Waals surface area contributed by atoms with Crippen molar-refractivity contribution in [3.63, 3.8) is 0 Å². The van der Waals surface area contributed by atoms with E-state index in [9.17, 15) is 13.2 Å². The van der Waals surface area contributed by atoms with Gasteiger partial charge < -0.3 is 5.32 Å². The lowest BCUT2D eigenvalue weighted by atomic mass is 9.96. The van der Waals surface area contributed by atoms with Gasteiger partial charge in [0.15, 0.2) is 0 Å². The lowest BCUT2D eigenvalue weighted by Crippen LogP contribution is -2.34. The van der Waals surface area contributed by atoms with Gasteiger partial charge in [0, 0.05) is 17.0 Å². The normalized spacial score (nSPS) is 16.9. The van der Waals surface area contributed by atoms with Gasteiger partial charge in [-0.05, 0) is 37.1 Å². The number of aromatic nitrogens is 2. The highest BCUT2D eigenvalue weighted by Gasteiger charge is 2.32. The van der Waals surface area contributed by atoms with E-state index in [-0.39, 0.29) is 17.4 Å². The van der Waals surface area contributed by atoms with E-state index in [1.807, 2.05) is 27.7 Å². The summed E-state index contributed by atoms with van der Waals surface area (Å²) in [4.78, 5) is 21.2. The van der Waals surface area contributed by atoms with Crippen LogP contribution in [-0.2, 0) is 21.9 Å². The third-order valence-corrected chi connectivity index (χ3v) is 5.70. The molecule has 0 spiro atoms. The number of fused-ring (bicyclic) bond motifs is 1. The number of amides is 1. The molecule has 1 aliphatic rings. The lowest BCUT2D eigenvalue weighted by molar-refractivity contribution is 0.102. The standard InChI is InChI=1S/C19H24N4O3S/c1-12-8-14-9-13(6-7-16(14)23(12)27(5,25)26)17(24)22-15-10-20-18(21-11-15)19(2,3)4/h6-7,9-12H,8H2,1-5H3,(H,22,24). The largest absolute Gasteiger partial charge is 0.319 e. The molecule has 1 aromatic heterocycles. The molecule has 0 saturated heterocycles. The summed E-state index contributed by atoms with van der Waals surface area (Å²) in [6.45, 7) is 7.92. The Morgan fingerprint density at radius 2 is 1.85 bits per heavy atom. The highest BCUT2D eigenvalue weighted by molar-refractivity contribution is 7.92. The zero-order valence-electron chi connectivity index (χ0n) is 16.1. The van der Waals surface area contributed by atoms with E-state index in [0.717, 1.165) is 5.56 Å². The minimum atomic E-state index is -3.35. The molecule has 0 fully saturated rings. The average molecular weight is 388 g/mol. The number of sulfonamides is 1. The van der Waals surface area contributed by atoms with Gasteiger partial charge in [-0.2, -0.15) is 0 Å². The van der Waals surface area contributed by atoms with E-state index in [2.05, 4.69) is 15.3 Å². The Hall–Kier alpha value is -2.48. The Balaban J connectivity index is 1.80. The molecule has 2 aromatic rings. The molecule has 1 amide bonds. The zero-order valence-corrected chi connectivity index (χ0v) is 17.0. The predicted octanol–water partition coefficient (Wildman–Crippen LogP) is 2.74. The first-order valence-corrected chi connectivity index (χ1v) is 10.6. The van der Waals surface area contributed by atoms with Gasteiger partial charge in [-0.3, -0.25) is 9.10 Å². The molecule has 2 heterocycles. The number of carbonyl (C=O) groups is 1. The molecule has 1 atom stereocenters. The van der Waals surface area contributed by atoms with E-state index < -0.39 is 10.0 Å². The zero-order chi connectivity index (χ0) is 20.0. The Morgan fingerprint density at radius 3 is 2.41 bits per heavy atom. The summed E-state index contributed by atoms with van der Waals surface area (Å²) in [6.07, 6.45) is 4.95. The molecular weight excluding hydrogens is 364 g/mol. The molecule has 1 aliphatic heterocycles. The van der Waals surface area contributed by atoms with Crippen LogP contribution in [0.1, 0.15) is 49.4 Å². The Labute approximate surface area is 159 Å². The van der Waals surface area contributed by atoms with Crippen LogP contribution in [0, 0.1) is 0 Å². The molecule has 1 unspecified atom stereocenters. The molecule has 0 saturated carbocycles. The number of hydrogen-bond acceptors (Lipinski definition) is 5. The second kappa shape index (κ2) is 6.60. The van der Waals surface area contributed by atoms with Crippen LogP contribution in [0.5, 0.6) is 0 Å². The van der Waals surface area contributed by atoms with Crippen LogP contribution in [0.15, 0.2) is 30.6 Å². The molecule has 0 radical (unpaired) electrons. The SMILES string of the molecule is CC1Cc2cc(C(=O)Nc3cnc(C(C)(C)C)nc3)ccc2N1S(C)(=O)=O. The number of carbonyl (C=O) groups excluding carboxylic acids is 1. The summed E-state index contributed by atoms with van der Waals surface area (Å²) >= 11 is 0. The maximum atomic E-state index is 12.6. The van der Waals surface area contributed by atoms with Gasteiger partial charge >= 0.3 is 0 Å². The first kappa shape index (κ1) is 19.3. The first-order valence-electron chi connectivity index (χ1n) is 8.73. The Bertz CT molecular complexity index is 979. The van der Waals surface area contributed by atoms with E-state index in [1.165, 1.54) is 10.6 Å². The van der Waals surface area contributed by atoms with Crippen LogP contribution in [0.3, 0.4) is 0 Å². The molecule has 144 valence electrons. The third kappa shape index (κ3) is 3.95. The number of benzene rings is 1. The minimum Gasteiger partial charge on any atom is -0.319 e. The van der Waals surface area contributed by atoms with Crippen LogP contribution in [-0.4, -0.2) is 36.6 Å². The summed E-state index contributed by atoms with van der Waals surface area (Å²) in [5.74, 6) is 0.420. The molecular formula is C19H24N4O3S. The average Bonchev–Trinajstić information content (AvgIpc) is 2.89. The van der Waals surface area contributed by atoms with Crippen molar-refractivity contribution in [2.75, 3.05) is 15.9 Å². The smallest absolute Gasteiger partial charge is 0.255 e. The van der Waals surface area contributed by atoms with Crippen molar-refractivity contribution in [2.45, 2.75) is 45.6 Å². The fourth-order valence-electron chi connectivity index (χ4n) is 3.23. The molecule has 7 nitrogen and oxygen atoms in total. The number of hydrogen-bond donors (Lipinski definition) is 1. The molecule has 3 rings (SSSR count). The highest BCUT2D eigenvalue weighted by Crippen LogP contribution is 2.34. The van der Waals surface area contributed by atoms with Gasteiger partial charge in [0.25, 0.3) is 5.91 Å². The van der Waals surface area contributed by atoms with Crippen molar-refractivity contribution in [3.05, 3.63) is 47.5 Å². The van der Waals surface area contributed by atoms with E-state index in [4.69, 9.17) is 0 Å². The summed E-state index contributed by atoms with van der Waals surface area (Å²) in [5, 5.41) is 2.78. The van der Waals surface area contributed by atoms with Gasteiger partial charge in [-0.1, -0.05) is 20.8 Å². The highest BCUT2D eigenvalue weighted by atomic mass is 32.2. The second-order valence-corrected chi connectivity index (χ2v) is 9.81. The minimum absolute atomic E-state index is 0.161. The molecule has 8 heteroatoms. The van der Waals surface area contributed by atoms with Crippen molar-refractivity contribution >= 4 is 27.3 Å². The van der Waals surface area contributed by atoms with E-state index in [0.29, 0.717) is 29.2 Å². The van der Waals surface area contributed by atoms with Gasteiger partial charge in [0.1, 0.15) is 5.82 Å². The van der Waals surface area contributed by atoms with Crippen molar-refractivity contribution in [2.24, 2.45) is 0 Å². The second-order valence-electron chi connectivity index (χ2n) is 7.95. The topological polar surface area (TPSA) is 92.3 Å². The van der Waals surface area contributed by atoms with Crippen LogP contribution in [0.2, 0.25) is 0 Å². The van der Waals surface area contributed by atoms with Crippen molar-refractivity contribution in [3.8, 4) is 0 Å². The quantitative estimate of drug-likeness (QED) is 0.873. The van der Waals surface area contributed by atoms with Gasteiger partial charge in [-0.25, -0.2) is 18.4 Å². The van der Waals surface area contributed by atoms with Crippen molar-refractivity contribution in [1.82, 2.24) is 9.97 Å². The fourth-order valence-corrected chi connectivity index (χ4v) is 4.50. The number of nitrogens with one attached hydrogen (secondary N) is 1. The van der Waals surface area contributed by atoms with Crippen LogP contribution < -0.4 is 9.62 Å². The van der Waals surface area contributed by atoms with E-state index >= 15 is 0 Å². The summed E-state index contributed by atoms with van der Waals surface area (Å²) in [5.41, 5.74) is 2.31. The Morgan fingerprint density at radius 1 is 1.22 bits per heavy atom. The molecule has 0 bridgehead atoms. The number of anilines is 2. The summed E-state index contributed by atoms with van der Waals surface area (Å²) in [7, 11) is -3.35. The van der Waals surface area contributed by atoms with Crippen molar-refractivity contribution in [1.29, 1.82) is 0 Å². The van der Waals surface area contributed by atoms with Crippen LogP contribution in [0.4, 0.5) is 11.4 Å². The maximum Gasteiger partial charge on any atom is 0.255 e. The maximum absolute atomic E-state index is 12.6. The van der Waals surface area contributed by atoms with Gasteiger partial charge in [-0.15, -0.1) is 0 Å². The molecule has 27 heavy (non-hydrogen) atoms. The van der Waals surface area contributed by atoms with Gasteiger partial charge in [0.2, 0.25) is 10.0 Å². The van der Waals surface area contributed by atoms with Crippen molar-refractivity contribution < 1.29 is 13.2 Å². The van der Waals surface area contributed by atoms with Crippen LogP contribution in [0.25, 0.3) is 0 Å². The monoisotopic (exact) mass is 388 g/mol. The molecule has 1 aromatic carbocycles. The summed E-state index contributed by atoms with van der Waals surface area (Å²) in [6, 6.07) is 4.91. The number of nitrogens with zero attached hydrogens (tertiary/aromatic N) is 3. The molecule has 1 N–H and O–H groups in total. The number of rotatable bonds is 3. The fraction of sp³-hybridized carbons (Fsp3) is 0.421. The first-order chi connectivity index (χ1) is 12.5. The lowest BCUT2D eigenvalue weighted by Gasteiger charge is -2.21. The molecule has 0 aliphatic carbocycles. The van der Waals surface area contributed by atoms with Crippen LogP contribution >= 0.6 is 0 Å². The summed E-state index contributed by atoms with van der Waals surface area (Å²) < 4.78 is 25.4. The van der Waals surface area contributed by atoms with Gasteiger partial charge in [0.05, 0.1) is 30.0 Å². The van der Waals surface area contributed by atoms with E-state index in [1.54, 1.807) is 30.6 Å².